The quantitative estimate of drug-likeness (QED) is 0.522. The molecule has 0 aliphatic carbocycles. The van der Waals surface area contributed by atoms with Crippen LogP contribution in [0.15, 0.2) is 18.2 Å². The molecule has 1 aromatic heterocycles. The Kier molecular flexibility index (Phi) is 5.33. The lowest BCUT2D eigenvalue weighted by molar-refractivity contribution is -0.00000999. The second-order valence-electron chi connectivity index (χ2n) is 2.22. The number of hydrogen-bond donors (Lipinski definition) is 0. The van der Waals surface area contributed by atoms with E-state index in [0.29, 0.717) is 11.0 Å². The van der Waals surface area contributed by atoms with Crippen molar-refractivity contribution in [2.75, 3.05) is 5.33 Å². The third-order valence-electron chi connectivity index (χ3n) is 1.30. The van der Waals surface area contributed by atoms with E-state index >= 15 is 0 Å². The molecule has 66 valence electrons. The molecule has 0 aliphatic heterocycles. The van der Waals surface area contributed by atoms with Crippen LogP contribution in [0.2, 0.25) is 0 Å². The molecule has 0 spiro atoms. The molecule has 0 atom stereocenters. The Balaban J connectivity index is 0. The number of ketones is 1. The number of nitrogens with zero attached hydrogens (tertiary/aromatic N) is 1. The van der Waals surface area contributed by atoms with Crippen LogP contribution in [-0.4, -0.2) is 16.1 Å². The van der Waals surface area contributed by atoms with E-state index in [4.69, 9.17) is 0 Å². The summed E-state index contributed by atoms with van der Waals surface area (Å²) in [6.45, 7) is 1.87. The van der Waals surface area contributed by atoms with Crippen LogP contribution in [0.3, 0.4) is 0 Å². The van der Waals surface area contributed by atoms with E-state index in [9.17, 15) is 4.79 Å². The average molecular weight is 295 g/mol. The van der Waals surface area contributed by atoms with Gasteiger partial charge in [0.25, 0.3) is 0 Å². The lowest BCUT2D eigenvalue weighted by Crippen LogP contribution is -3.00. The van der Waals surface area contributed by atoms with Crippen molar-refractivity contribution in [3.63, 3.8) is 0 Å². The number of aryl methyl sites for hydroxylation is 1. The number of aromatic nitrogens is 1. The van der Waals surface area contributed by atoms with Gasteiger partial charge in [-0.15, -0.1) is 0 Å². The smallest absolute Gasteiger partial charge is 1.00 e. The fourth-order valence-corrected chi connectivity index (χ4v) is 1.05. The average Bonchev–Trinajstić information content (AvgIpc) is 2.03. The van der Waals surface area contributed by atoms with Gasteiger partial charge in [0.1, 0.15) is 5.69 Å². The molecule has 0 unspecified atom stereocenters. The van der Waals surface area contributed by atoms with E-state index in [2.05, 4.69) is 20.9 Å². The van der Waals surface area contributed by atoms with Gasteiger partial charge in [0.2, 0.25) is 0 Å². The molecule has 1 aromatic rings. The molecule has 1 rings (SSSR count). The first-order chi connectivity index (χ1) is 5.24. The van der Waals surface area contributed by atoms with Crippen molar-refractivity contribution in [3.8, 4) is 0 Å². The highest BCUT2D eigenvalue weighted by Crippen LogP contribution is 2.00. The highest BCUT2D eigenvalue weighted by molar-refractivity contribution is 9.09. The molecule has 0 fully saturated rings. The number of pyridine rings is 1. The first-order valence-corrected chi connectivity index (χ1v) is 4.39. The third kappa shape index (κ3) is 3.03. The minimum absolute atomic E-state index is 0. The molecule has 12 heavy (non-hydrogen) atoms. The number of hydrogen-bond acceptors (Lipinski definition) is 2. The van der Waals surface area contributed by atoms with Gasteiger partial charge in [0.15, 0.2) is 5.78 Å². The Morgan fingerprint density at radius 1 is 1.67 bits per heavy atom. The van der Waals surface area contributed by atoms with Gasteiger partial charge < -0.3 is 17.0 Å². The molecule has 1 heterocycles. The number of carbonyl (C=O) groups excluding carboxylic acids is 1. The predicted molar refractivity (Wildman–Crippen MR) is 48.2 cm³/mol. The topological polar surface area (TPSA) is 30.0 Å². The summed E-state index contributed by atoms with van der Waals surface area (Å²) in [6.07, 6.45) is 0. The highest BCUT2D eigenvalue weighted by atomic mass is 79.9. The number of Topliss-reactive ketones (excluding diaryl/α,β-unsaturated/α-hetero) is 1. The van der Waals surface area contributed by atoms with E-state index in [1.54, 1.807) is 6.07 Å². The Hall–Kier alpha value is -0.220. The van der Waals surface area contributed by atoms with Crippen LogP contribution in [0, 0.1) is 6.92 Å². The molecule has 2 nitrogen and oxygen atoms in total. The summed E-state index contributed by atoms with van der Waals surface area (Å²) in [6, 6.07) is 5.42. The van der Waals surface area contributed by atoms with Gasteiger partial charge in [-0.05, 0) is 19.1 Å². The van der Waals surface area contributed by atoms with Crippen molar-refractivity contribution in [1.82, 2.24) is 4.98 Å². The van der Waals surface area contributed by atoms with E-state index in [0.717, 1.165) is 5.69 Å². The zero-order chi connectivity index (χ0) is 8.27. The summed E-state index contributed by atoms with van der Waals surface area (Å²) in [7, 11) is 0. The number of rotatable bonds is 2. The van der Waals surface area contributed by atoms with Crippen molar-refractivity contribution < 1.29 is 23.2 Å². The van der Waals surface area contributed by atoms with Gasteiger partial charge in [-0.1, -0.05) is 22.0 Å². The Morgan fingerprint density at radius 3 is 2.83 bits per heavy atom. The van der Waals surface area contributed by atoms with Gasteiger partial charge in [-0.3, -0.25) is 4.79 Å². The maximum Gasteiger partial charge on any atom is 1.00 e. The predicted octanol–water partition coefficient (Wildman–Crippen LogP) is -0.916. The molecule has 4 heteroatoms. The zero-order valence-corrected chi connectivity index (χ0v) is 9.72. The second kappa shape index (κ2) is 5.43. The molecular weight excluding hydrogens is 286 g/mol. The lowest BCUT2D eigenvalue weighted by Gasteiger charge is -1.96. The maximum absolute atomic E-state index is 11.1. The summed E-state index contributed by atoms with van der Waals surface area (Å²) in [4.78, 5) is 15.1. The highest BCUT2D eigenvalue weighted by Gasteiger charge is 2.03. The summed E-state index contributed by atoms with van der Waals surface area (Å²) < 4.78 is 0. The standard InChI is InChI=1S/C8H8BrNO.BrH/c1-6-3-2-4-7(10-6)8(11)5-9;/h2-4H,5H2,1H3;1H. The first kappa shape index (κ1) is 11.8. The van der Waals surface area contributed by atoms with Gasteiger partial charge in [0, 0.05) is 5.69 Å². The van der Waals surface area contributed by atoms with Crippen molar-refractivity contribution in [2.45, 2.75) is 6.92 Å². The van der Waals surface area contributed by atoms with Gasteiger partial charge in [-0.25, -0.2) is 4.98 Å². The van der Waals surface area contributed by atoms with E-state index in [1.165, 1.54) is 0 Å². The van der Waals surface area contributed by atoms with Gasteiger partial charge in [-0.2, -0.15) is 0 Å². The largest absolute Gasteiger partial charge is 1.00 e. The minimum atomic E-state index is 0. The Morgan fingerprint density at radius 2 is 2.33 bits per heavy atom. The van der Waals surface area contributed by atoms with E-state index in [-0.39, 0.29) is 24.2 Å². The summed E-state index contributed by atoms with van der Waals surface area (Å²) in [5.41, 5.74) is 1.40. The van der Waals surface area contributed by atoms with Crippen LogP contribution in [0.4, 0.5) is 0 Å². The third-order valence-corrected chi connectivity index (χ3v) is 1.80. The Bertz CT molecular complexity index is 281. The minimum Gasteiger partial charge on any atom is -1.00 e. The van der Waals surface area contributed by atoms with Gasteiger partial charge in [0.05, 0.1) is 5.33 Å². The van der Waals surface area contributed by atoms with Crippen LogP contribution in [0.5, 0.6) is 0 Å². The molecular formula is C8H9Br2NO. The van der Waals surface area contributed by atoms with Crippen molar-refractivity contribution in [1.29, 1.82) is 0 Å². The SMILES string of the molecule is Cc1cccc(C(=O)CBr)n1.[Br-].[H+]. The number of halogens is 2. The fourth-order valence-electron chi connectivity index (χ4n) is 0.767. The summed E-state index contributed by atoms with van der Waals surface area (Å²) in [5.74, 6) is 0.0219. The van der Waals surface area contributed by atoms with Crippen LogP contribution >= 0.6 is 15.9 Å². The van der Waals surface area contributed by atoms with Crippen molar-refractivity contribution in [3.05, 3.63) is 29.6 Å². The monoisotopic (exact) mass is 293 g/mol. The van der Waals surface area contributed by atoms with Crippen LogP contribution in [-0.2, 0) is 0 Å². The summed E-state index contributed by atoms with van der Waals surface area (Å²) >= 11 is 3.09. The molecule has 0 amide bonds. The number of carbonyl (C=O) groups is 1. The number of alkyl halides is 1. The van der Waals surface area contributed by atoms with Crippen LogP contribution in [0.1, 0.15) is 17.6 Å². The molecule has 0 saturated heterocycles. The molecule has 0 saturated carbocycles. The van der Waals surface area contributed by atoms with E-state index < -0.39 is 0 Å². The maximum atomic E-state index is 11.1. The van der Waals surface area contributed by atoms with Crippen molar-refractivity contribution >= 4 is 21.7 Å². The normalized spacial score (nSPS) is 8.83. The van der Waals surface area contributed by atoms with E-state index in [1.807, 2.05) is 19.1 Å². The molecule has 0 aliphatic rings. The van der Waals surface area contributed by atoms with Crippen molar-refractivity contribution in [2.24, 2.45) is 0 Å². The van der Waals surface area contributed by atoms with Gasteiger partial charge >= 0.3 is 1.43 Å². The van der Waals surface area contributed by atoms with Crippen LogP contribution in [0.25, 0.3) is 0 Å². The molecule has 0 aromatic carbocycles. The fraction of sp³-hybridized carbons (Fsp3) is 0.250. The van der Waals surface area contributed by atoms with Crippen LogP contribution < -0.4 is 17.0 Å². The molecule has 0 radical (unpaired) electrons. The summed E-state index contributed by atoms with van der Waals surface area (Å²) in [5, 5.41) is 0.337. The Labute approximate surface area is 91.8 Å². The zero-order valence-electron chi connectivity index (χ0n) is 7.55. The first-order valence-electron chi connectivity index (χ1n) is 3.27. The lowest BCUT2D eigenvalue weighted by atomic mass is 10.2. The molecule has 0 bridgehead atoms. The second-order valence-corrected chi connectivity index (χ2v) is 2.78. The molecule has 0 N–H and O–H groups in total.